The van der Waals surface area contributed by atoms with Crippen molar-refractivity contribution in [3.8, 4) is 0 Å². The van der Waals surface area contributed by atoms with E-state index in [0.717, 1.165) is 9.26 Å². The molecule has 4 heteroatoms. The summed E-state index contributed by atoms with van der Waals surface area (Å²) in [6.45, 7) is 0. The van der Waals surface area contributed by atoms with Crippen LogP contribution in [0.1, 0.15) is 5.76 Å². The van der Waals surface area contributed by atoms with Gasteiger partial charge in [-0.1, -0.05) is 12.1 Å². The van der Waals surface area contributed by atoms with Crippen molar-refractivity contribution in [3.05, 3.63) is 58.1 Å². The summed E-state index contributed by atoms with van der Waals surface area (Å²) < 4.78 is 6.09. The Morgan fingerprint density at radius 3 is 2.76 bits per heavy atom. The summed E-state index contributed by atoms with van der Waals surface area (Å²) in [4.78, 5) is 11.6. The number of hydrogen-bond donors (Lipinski definition) is 1. The summed E-state index contributed by atoms with van der Waals surface area (Å²) in [5, 5.41) is 2.80. The first-order chi connectivity index (χ1) is 8.25. The highest BCUT2D eigenvalue weighted by Crippen LogP contribution is 2.16. The fraction of sp³-hybridized carbons (Fsp3) is 0. The van der Waals surface area contributed by atoms with Gasteiger partial charge in [0.1, 0.15) is 5.76 Å². The number of rotatable bonds is 3. The Bertz CT molecular complexity index is 532. The van der Waals surface area contributed by atoms with E-state index in [-0.39, 0.29) is 5.91 Å². The number of anilines is 1. The molecule has 0 radical (unpaired) electrons. The Hall–Kier alpha value is -1.56. The van der Waals surface area contributed by atoms with Gasteiger partial charge in [0.05, 0.1) is 12.0 Å². The zero-order chi connectivity index (χ0) is 12.1. The van der Waals surface area contributed by atoms with Gasteiger partial charge in [-0.05, 0) is 52.9 Å². The van der Waals surface area contributed by atoms with Gasteiger partial charge in [0, 0.05) is 9.65 Å². The number of nitrogens with one attached hydrogen (secondary N) is 1. The molecule has 0 aliphatic heterocycles. The van der Waals surface area contributed by atoms with E-state index in [9.17, 15) is 4.79 Å². The standard InChI is InChI=1S/C13H10INO2/c14-11-5-1-2-6-12(11)15-13(16)8-7-10-4-3-9-17-10/h1-9H,(H,15,16). The minimum atomic E-state index is -0.175. The summed E-state index contributed by atoms with van der Waals surface area (Å²) in [5.74, 6) is 0.480. The van der Waals surface area contributed by atoms with Crippen molar-refractivity contribution in [2.24, 2.45) is 0 Å². The first-order valence-corrected chi connectivity index (χ1v) is 6.11. The molecular weight excluding hydrogens is 329 g/mol. The summed E-state index contributed by atoms with van der Waals surface area (Å²) >= 11 is 2.18. The Morgan fingerprint density at radius 2 is 2.06 bits per heavy atom. The zero-order valence-electron chi connectivity index (χ0n) is 8.89. The molecule has 0 aliphatic carbocycles. The molecule has 0 atom stereocenters. The van der Waals surface area contributed by atoms with Crippen LogP contribution >= 0.6 is 22.6 Å². The normalized spacial score (nSPS) is 10.6. The molecule has 3 nitrogen and oxygen atoms in total. The number of carbonyl (C=O) groups excluding carboxylic acids is 1. The third-order valence-electron chi connectivity index (χ3n) is 2.07. The minimum Gasteiger partial charge on any atom is -0.465 e. The van der Waals surface area contributed by atoms with Gasteiger partial charge < -0.3 is 9.73 Å². The third kappa shape index (κ3) is 3.45. The van der Waals surface area contributed by atoms with Gasteiger partial charge >= 0.3 is 0 Å². The highest BCUT2D eigenvalue weighted by molar-refractivity contribution is 14.1. The predicted molar refractivity (Wildman–Crippen MR) is 75.5 cm³/mol. The van der Waals surface area contributed by atoms with E-state index in [2.05, 4.69) is 27.9 Å². The maximum Gasteiger partial charge on any atom is 0.248 e. The Kier molecular flexibility index (Phi) is 3.98. The molecule has 1 heterocycles. The predicted octanol–water partition coefficient (Wildman–Crippen LogP) is 3.54. The van der Waals surface area contributed by atoms with Crippen molar-refractivity contribution in [1.29, 1.82) is 0 Å². The first-order valence-electron chi connectivity index (χ1n) is 5.03. The molecule has 1 N–H and O–H groups in total. The number of furan rings is 1. The van der Waals surface area contributed by atoms with E-state index in [0.29, 0.717) is 5.76 Å². The van der Waals surface area contributed by atoms with Crippen LogP contribution in [0.5, 0.6) is 0 Å². The molecule has 0 bridgehead atoms. The third-order valence-corrected chi connectivity index (χ3v) is 3.01. The van der Waals surface area contributed by atoms with Gasteiger partial charge in [0.2, 0.25) is 5.91 Å². The van der Waals surface area contributed by atoms with Crippen LogP contribution in [0.15, 0.2) is 53.2 Å². The molecular formula is C13H10INO2. The maximum absolute atomic E-state index is 11.6. The van der Waals surface area contributed by atoms with Gasteiger partial charge in [-0.15, -0.1) is 0 Å². The lowest BCUT2D eigenvalue weighted by molar-refractivity contribution is -0.111. The van der Waals surface area contributed by atoms with Crippen LogP contribution in [0.3, 0.4) is 0 Å². The largest absolute Gasteiger partial charge is 0.465 e. The van der Waals surface area contributed by atoms with Crippen molar-refractivity contribution in [3.63, 3.8) is 0 Å². The summed E-state index contributed by atoms with van der Waals surface area (Å²) in [6.07, 6.45) is 4.64. The Morgan fingerprint density at radius 1 is 1.24 bits per heavy atom. The smallest absolute Gasteiger partial charge is 0.248 e. The van der Waals surface area contributed by atoms with Crippen LogP contribution in [0, 0.1) is 3.57 Å². The molecule has 0 aliphatic rings. The zero-order valence-corrected chi connectivity index (χ0v) is 11.0. The topological polar surface area (TPSA) is 42.2 Å². The van der Waals surface area contributed by atoms with Gasteiger partial charge in [-0.25, -0.2) is 0 Å². The summed E-state index contributed by atoms with van der Waals surface area (Å²) in [5.41, 5.74) is 0.808. The molecule has 1 aromatic carbocycles. The second kappa shape index (κ2) is 5.67. The molecule has 2 rings (SSSR count). The average molecular weight is 339 g/mol. The first kappa shape index (κ1) is 11.9. The van der Waals surface area contributed by atoms with E-state index < -0.39 is 0 Å². The summed E-state index contributed by atoms with van der Waals surface area (Å²) in [7, 11) is 0. The number of para-hydroxylation sites is 1. The van der Waals surface area contributed by atoms with E-state index in [1.807, 2.05) is 24.3 Å². The van der Waals surface area contributed by atoms with Gasteiger partial charge in [-0.2, -0.15) is 0 Å². The SMILES string of the molecule is O=C(C=Cc1ccco1)Nc1ccccc1I. The van der Waals surface area contributed by atoms with Crippen molar-refractivity contribution < 1.29 is 9.21 Å². The minimum absolute atomic E-state index is 0.175. The second-order valence-electron chi connectivity index (χ2n) is 3.32. The Balaban J connectivity index is 2.01. The molecule has 0 fully saturated rings. The van der Waals surface area contributed by atoms with Crippen LogP contribution in [0.25, 0.3) is 6.08 Å². The molecule has 86 valence electrons. The monoisotopic (exact) mass is 339 g/mol. The van der Waals surface area contributed by atoms with Crippen molar-refractivity contribution in [2.75, 3.05) is 5.32 Å². The molecule has 0 unspecified atom stereocenters. The van der Waals surface area contributed by atoms with Crippen LogP contribution in [0.4, 0.5) is 5.69 Å². The second-order valence-corrected chi connectivity index (χ2v) is 4.48. The van der Waals surface area contributed by atoms with Gasteiger partial charge in [0.25, 0.3) is 0 Å². The number of carbonyl (C=O) groups is 1. The highest BCUT2D eigenvalue weighted by Gasteiger charge is 2.01. The number of benzene rings is 1. The summed E-state index contributed by atoms with van der Waals surface area (Å²) in [6, 6.07) is 11.2. The van der Waals surface area contributed by atoms with E-state index >= 15 is 0 Å². The molecule has 2 aromatic rings. The van der Waals surface area contributed by atoms with E-state index in [1.165, 1.54) is 6.08 Å². The van der Waals surface area contributed by atoms with Crippen molar-refractivity contribution >= 4 is 40.3 Å². The Labute approximate surface area is 113 Å². The molecule has 17 heavy (non-hydrogen) atoms. The lowest BCUT2D eigenvalue weighted by atomic mass is 10.3. The fourth-order valence-electron chi connectivity index (χ4n) is 1.28. The van der Waals surface area contributed by atoms with Crippen LogP contribution in [-0.2, 0) is 4.79 Å². The molecule has 0 saturated carbocycles. The molecule has 0 spiro atoms. The number of amides is 1. The number of halogens is 1. The lowest BCUT2D eigenvalue weighted by Gasteiger charge is -2.03. The number of hydrogen-bond acceptors (Lipinski definition) is 2. The van der Waals surface area contributed by atoms with Crippen LogP contribution in [-0.4, -0.2) is 5.91 Å². The lowest BCUT2D eigenvalue weighted by Crippen LogP contribution is -2.08. The van der Waals surface area contributed by atoms with Crippen molar-refractivity contribution in [1.82, 2.24) is 0 Å². The molecule has 1 aromatic heterocycles. The van der Waals surface area contributed by atoms with E-state index in [4.69, 9.17) is 4.42 Å². The van der Waals surface area contributed by atoms with Gasteiger partial charge in [0.15, 0.2) is 0 Å². The fourth-order valence-corrected chi connectivity index (χ4v) is 1.80. The van der Waals surface area contributed by atoms with E-state index in [1.54, 1.807) is 24.5 Å². The molecule has 1 amide bonds. The molecule has 0 saturated heterocycles. The van der Waals surface area contributed by atoms with Crippen molar-refractivity contribution in [2.45, 2.75) is 0 Å². The van der Waals surface area contributed by atoms with Gasteiger partial charge in [-0.3, -0.25) is 4.79 Å². The average Bonchev–Trinajstić information content (AvgIpc) is 2.82. The maximum atomic E-state index is 11.6. The van der Waals surface area contributed by atoms with Crippen LogP contribution < -0.4 is 5.32 Å². The quantitative estimate of drug-likeness (QED) is 0.687. The van der Waals surface area contributed by atoms with Crippen LogP contribution in [0.2, 0.25) is 0 Å². The highest BCUT2D eigenvalue weighted by atomic mass is 127.